The number of carbonyl (C=O) groups is 2. The molecule has 2 N–H and O–H groups in total. The Hall–Kier alpha value is -3.35. The lowest BCUT2D eigenvalue weighted by Gasteiger charge is -2.08. The highest BCUT2D eigenvalue weighted by atomic mass is 16.5. The van der Waals surface area contributed by atoms with Gasteiger partial charge in [-0.1, -0.05) is 18.2 Å². The van der Waals surface area contributed by atoms with Gasteiger partial charge in [0.05, 0.1) is 12.8 Å². The van der Waals surface area contributed by atoms with Crippen LogP contribution in [0.15, 0.2) is 42.6 Å². The number of hydrogen-bond acceptors (Lipinski definition) is 4. The predicted molar refractivity (Wildman–Crippen MR) is 116 cm³/mol. The number of nitrogens with one attached hydrogen (secondary N) is 2. The summed E-state index contributed by atoms with van der Waals surface area (Å²) in [6.07, 6.45) is 3.55. The topological polar surface area (TPSA) is 84.7 Å². The van der Waals surface area contributed by atoms with Crippen LogP contribution in [0.1, 0.15) is 40.2 Å². The van der Waals surface area contributed by atoms with Gasteiger partial charge in [-0.3, -0.25) is 14.0 Å². The summed E-state index contributed by atoms with van der Waals surface area (Å²) in [5.74, 6) is 0.629. The average Bonchev–Trinajstić information content (AvgIpc) is 3.09. The average molecular weight is 409 g/mol. The maximum absolute atomic E-state index is 12.6. The molecule has 0 bridgehead atoms. The van der Waals surface area contributed by atoms with E-state index >= 15 is 0 Å². The molecule has 7 nitrogen and oxygen atoms in total. The highest BCUT2D eigenvalue weighted by Crippen LogP contribution is 2.15. The van der Waals surface area contributed by atoms with E-state index < -0.39 is 0 Å². The molecular weight excluding hydrogens is 380 g/mol. The Morgan fingerprint density at radius 1 is 1.07 bits per heavy atom. The SMILES string of the molecule is COc1ccc(CCNC(=O)CCCNC(=O)c2c(C)nc3c(C)cccn23)cc1. The van der Waals surface area contributed by atoms with Gasteiger partial charge in [0.15, 0.2) is 0 Å². The molecule has 0 radical (unpaired) electrons. The third-order valence-electron chi connectivity index (χ3n) is 5.00. The van der Waals surface area contributed by atoms with Crippen molar-refractivity contribution in [1.82, 2.24) is 20.0 Å². The van der Waals surface area contributed by atoms with Crippen LogP contribution in [-0.4, -0.2) is 41.4 Å². The molecule has 0 unspecified atom stereocenters. The lowest BCUT2D eigenvalue weighted by molar-refractivity contribution is -0.121. The van der Waals surface area contributed by atoms with Crippen molar-refractivity contribution in [2.45, 2.75) is 33.1 Å². The van der Waals surface area contributed by atoms with Gasteiger partial charge in [-0.05, 0) is 56.0 Å². The number of aromatic nitrogens is 2. The number of carbonyl (C=O) groups excluding carboxylic acids is 2. The molecule has 3 rings (SSSR count). The van der Waals surface area contributed by atoms with Gasteiger partial charge in [0, 0.05) is 25.7 Å². The van der Waals surface area contributed by atoms with Crippen LogP contribution in [0.3, 0.4) is 0 Å². The Bertz CT molecular complexity index is 1020. The number of aryl methyl sites for hydroxylation is 2. The fourth-order valence-electron chi connectivity index (χ4n) is 3.35. The molecule has 3 aromatic rings. The van der Waals surface area contributed by atoms with Crippen LogP contribution in [0.2, 0.25) is 0 Å². The second-order valence-electron chi connectivity index (χ2n) is 7.24. The largest absolute Gasteiger partial charge is 0.497 e. The van der Waals surface area contributed by atoms with Crippen LogP contribution in [0.25, 0.3) is 5.65 Å². The van der Waals surface area contributed by atoms with Gasteiger partial charge in [-0.25, -0.2) is 4.98 Å². The summed E-state index contributed by atoms with van der Waals surface area (Å²) >= 11 is 0. The molecule has 7 heteroatoms. The van der Waals surface area contributed by atoms with Gasteiger partial charge < -0.3 is 15.4 Å². The Balaban J connectivity index is 1.39. The smallest absolute Gasteiger partial charge is 0.270 e. The van der Waals surface area contributed by atoms with Crippen LogP contribution in [0.5, 0.6) is 5.75 Å². The van der Waals surface area contributed by atoms with Crippen molar-refractivity contribution in [3.63, 3.8) is 0 Å². The second kappa shape index (κ2) is 9.91. The van der Waals surface area contributed by atoms with E-state index in [0.717, 1.165) is 28.9 Å². The number of nitrogens with zero attached hydrogens (tertiary/aromatic N) is 2. The van der Waals surface area contributed by atoms with Gasteiger partial charge in [-0.2, -0.15) is 0 Å². The molecule has 0 aliphatic rings. The number of pyridine rings is 1. The van der Waals surface area contributed by atoms with Crippen LogP contribution < -0.4 is 15.4 Å². The molecule has 0 saturated heterocycles. The number of benzene rings is 1. The van der Waals surface area contributed by atoms with E-state index in [0.29, 0.717) is 37.3 Å². The minimum Gasteiger partial charge on any atom is -0.497 e. The highest BCUT2D eigenvalue weighted by Gasteiger charge is 2.17. The van der Waals surface area contributed by atoms with E-state index in [-0.39, 0.29) is 11.8 Å². The molecule has 0 aliphatic carbocycles. The second-order valence-corrected chi connectivity index (χ2v) is 7.24. The van der Waals surface area contributed by atoms with Crippen molar-refractivity contribution < 1.29 is 14.3 Å². The Labute approximate surface area is 176 Å². The number of amides is 2. The van der Waals surface area contributed by atoms with E-state index in [1.54, 1.807) is 7.11 Å². The third-order valence-corrected chi connectivity index (χ3v) is 5.00. The van der Waals surface area contributed by atoms with Crippen LogP contribution in [0.4, 0.5) is 0 Å². The zero-order chi connectivity index (χ0) is 21.5. The molecule has 0 saturated carbocycles. The summed E-state index contributed by atoms with van der Waals surface area (Å²) in [4.78, 5) is 29.1. The quantitative estimate of drug-likeness (QED) is 0.533. The molecule has 0 fully saturated rings. The summed E-state index contributed by atoms with van der Waals surface area (Å²) in [6, 6.07) is 11.7. The van der Waals surface area contributed by atoms with Crippen LogP contribution >= 0.6 is 0 Å². The number of ether oxygens (including phenoxy) is 1. The molecule has 158 valence electrons. The van der Waals surface area contributed by atoms with Crippen LogP contribution in [0, 0.1) is 13.8 Å². The standard InChI is InChI=1S/C23H28N4O3/c1-16-6-5-15-27-21(17(2)26-22(16)27)23(29)25-13-4-7-20(28)24-14-12-18-8-10-19(30-3)11-9-18/h5-6,8-11,15H,4,7,12-14H2,1-3H3,(H,24,28)(H,25,29). The molecule has 0 spiro atoms. The summed E-state index contributed by atoms with van der Waals surface area (Å²) in [5.41, 5.74) is 4.18. The van der Waals surface area contributed by atoms with E-state index in [1.807, 2.05) is 60.8 Å². The zero-order valence-corrected chi connectivity index (χ0v) is 17.7. The van der Waals surface area contributed by atoms with E-state index in [1.165, 1.54) is 0 Å². The van der Waals surface area contributed by atoms with Crippen molar-refractivity contribution in [2.75, 3.05) is 20.2 Å². The predicted octanol–water partition coefficient (Wildman–Crippen LogP) is 2.83. The van der Waals surface area contributed by atoms with E-state index in [9.17, 15) is 9.59 Å². The molecule has 1 aromatic carbocycles. The van der Waals surface area contributed by atoms with Gasteiger partial charge in [-0.15, -0.1) is 0 Å². The normalized spacial score (nSPS) is 10.8. The molecule has 30 heavy (non-hydrogen) atoms. The van der Waals surface area contributed by atoms with Gasteiger partial charge in [0.1, 0.15) is 17.1 Å². The third kappa shape index (κ3) is 5.17. The fraction of sp³-hybridized carbons (Fsp3) is 0.348. The summed E-state index contributed by atoms with van der Waals surface area (Å²) < 4.78 is 6.95. The van der Waals surface area contributed by atoms with Gasteiger partial charge in [0.25, 0.3) is 5.91 Å². The zero-order valence-electron chi connectivity index (χ0n) is 17.7. The summed E-state index contributed by atoms with van der Waals surface area (Å²) in [7, 11) is 1.64. The summed E-state index contributed by atoms with van der Waals surface area (Å²) in [5, 5.41) is 5.81. The summed E-state index contributed by atoms with van der Waals surface area (Å²) in [6.45, 7) is 4.81. The van der Waals surface area contributed by atoms with Gasteiger partial charge >= 0.3 is 0 Å². The van der Waals surface area contributed by atoms with E-state index in [2.05, 4.69) is 15.6 Å². The Morgan fingerprint density at radius 2 is 1.83 bits per heavy atom. The molecule has 2 heterocycles. The van der Waals surface area contributed by atoms with Crippen molar-refractivity contribution in [2.24, 2.45) is 0 Å². The monoisotopic (exact) mass is 408 g/mol. The maximum atomic E-state index is 12.6. The lowest BCUT2D eigenvalue weighted by Crippen LogP contribution is -2.29. The molecule has 2 amide bonds. The fourth-order valence-corrected chi connectivity index (χ4v) is 3.35. The first-order valence-corrected chi connectivity index (χ1v) is 10.1. The van der Waals surface area contributed by atoms with Crippen molar-refractivity contribution in [3.05, 3.63) is 65.1 Å². The Kier molecular flexibility index (Phi) is 7.06. The number of hydrogen-bond donors (Lipinski definition) is 2. The number of methoxy groups -OCH3 is 1. The first-order chi connectivity index (χ1) is 14.5. The lowest BCUT2D eigenvalue weighted by atomic mass is 10.1. The van der Waals surface area contributed by atoms with Gasteiger partial charge in [0.2, 0.25) is 5.91 Å². The molecule has 2 aromatic heterocycles. The number of imidazole rings is 1. The van der Waals surface area contributed by atoms with Crippen molar-refractivity contribution in [1.29, 1.82) is 0 Å². The number of rotatable bonds is 9. The minimum absolute atomic E-state index is 0.0145. The van der Waals surface area contributed by atoms with Crippen molar-refractivity contribution >= 4 is 17.5 Å². The number of fused-ring (bicyclic) bond motifs is 1. The molecule has 0 atom stereocenters. The Morgan fingerprint density at radius 3 is 2.57 bits per heavy atom. The first-order valence-electron chi connectivity index (χ1n) is 10.1. The highest BCUT2D eigenvalue weighted by molar-refractivity contribution is 5.94. The van der Waals surface area contributed by atoms with Crippen molar-refractivity contribution in [3.8, 4) is 5.75 Å². The molecular formula is C23H28N4O3. The molecule has 0 aliphatic heterocycles. The maximum Gasteiger partial charge on any atom is 0.270 e. The minimum atomic E-state index is -0.175. The van der Waals surface area contributed by atoms with E-state index in [4.69, 9.17) is 4.74 Å². The van der Waals surface area contributed by atoms with Crippen LogP contribution in [-0.2, 0) is 11.2 Å². The first kappa shape index (κ1) is 21.4.